The maximum absolute atomic E-state index is 13.2. The lowest BCUT2D eigenvalue weighted by Gasteiger charge is -2.14. The third-order valence-corrected chi connectivity index (χ3v) is 3.87. The molecule has 0 saturated carbocycles. The molecule has 0 radical (unpaired) electrons. The van der Waals surface area contributed by atoms with Crippen LogP contribution in [0.5, 0.6) is 0 Å². The van der Waals surface area contributed by atoms with Gasteiger partial charge in [-0.2, -0.15) is 0 Å². The van der Waals surface area contributed by atoms with Crippen LogP contribution in [-0.4, -0.2) is 38.6 Å². The van der Waals surface area contributed by atoms with Crippen molar-refractivity contribution in [3.63, 3.8) is 0 Å². The second-order valence-corrected chi connectivity index (χ2v) is 5.73. The number of benzene rings is 1. The van der Waals surface area contributed by atoms with Crippen LogP contribution in [0.3, 0.4) is 0 Å². The van der Waals surface area contributed by atoms with Gasteiger partial charge in [-0.3, -0.25) is 14.3 Å². The zero-order valence-electron chi connectivity index (χ0n) is 13.3. The number of aliphatic hydroxyl groups is 2. The molecule has 1 aliphatic heterocycles. The molecule has 9 heteroatoms. The molecule has 26 heavy (non-hydrogen) atoms. The average molecular weight is 364 g/mol. The molecule has 1 fully saturated rings. The van der Waals surface area contributed by atoms with Gasteiger partial charge in [-0.05, 0) is 12.1 Å². The van der Waals surface area contributed by atoms with Crippen molar-refractivity contribution in [2.45, 2.75) is 24.9 Å². The second kappa shape index (κ2) is 7.21. The lowest BCUT2D eigenvalue weighted by molar-refractivity contribution is -0.0459. The third-order valence-electron chi connectivity index (χ3n) is 3.87. The molecule has 0 spiro atoms. The van der Waals surface area contributed by atoms with Crippen molar-refractivity contribution in [2.75, 3.05) is 6.61 Å². The first kappa shape index (κ1) is 18.0. The summed E-state index contributed by atoms with van der Waals surface area (Å²) in [5.41, 5.74) is -1.65. The summed E-state index contributed by atoms with van der Waals surface area (Å²) < 4.78 is 32.8. The molecule has 3 rings (SSSR count). The van der Waals surface area contributed by atoms with Crippen molar-refractivity contribution in [2.24, 2.45) is 0 Å². The Morgan fingerprint density at radius 2 is 1.92 bits per heavy atom. The maximum Gasteiger partial charge on any atom is 0.330 e. The molecule has 1 saturated heterocycles. The molecule has 3 N–H and O–H groups in total. The number of hydrogen-bond donors (Lipinski definition) is 3. The Labute approximate surface area is 145 Å². The van der Waals surface area contributed by atoms with Crippen LogP contribution in [0.25, 0.3) is 0 Å². The Kier molecular flexibility index (Phi) is 4.99. The SMILES string of the molecule is O=c1[nH]c(=O)n([C@@H]2C[C@@H](O)[C@H](CO)O2)cc1C#Cc1cc(F)cc(F)c1. The average Bonchev–Trinajstić information content (AvgIpc) is 2.94. The van der Waals surface area contributed by atoms with Gasteiger partial charge in [-0.15, -0.1) is 0 Å². The number of nitrogens with one attached hydrogen (secondary N) is 1. The molecule has 0 bridgehead atoms. The first-order valence-electron chi connectivity index (χ1n) is 7.65. The Morgan fingerprint density at radius 1 is 1.23 bits per heavy atom. The van der Waals surface area contributed by atoms with Crippen LogP contribution in [0.15, 0.2) is 34.0 Å². The van der Waals surface area contributed by atoms with Crippen LogP contribution in [0.2, 0.25) is 0 Å². The Bertz CT molecular complexity index is 984. The van der Waals surface area contributed by atoms with Crippen molar-refractivity contribution in [1.82, 2.24) is 9.55 Å². The highest BCUT2D eigenvalue weighted by Crippen LogP contribution is 2.27. The summed E-state index contributed by atoms with van der Waals surface area (Å²) in [6.07, 6.45) is -1.52. The minimum absolute atomic E-state index is 0.0209. The predicted molar refractivity (Wildman–Crippen MR) is 85.3 cm³/mol. The second-order valence-electron chi connectivity index (χ2n) is 5.73. The fourth-order valence-electron chi connectivity index (χ4n) is 2.60. The van der Waals surface area contributed by atoms with Crippen LogP contribution in [-0.2, 0) is 4.74 Å². The zero-order valence-corrected chi connectivity index (χ0v) is 13.3. The van der Waals surface area contributed by atoms with E-state index in [1.165, 1.54) is 0 Å². The number of aliphatic hydroxyl groups excluding tert-OH is 2. The molecule has 0 amide bonds. The lowest BCUT2D eigenvalue weighted by Crippen LogP contribution is -2.33. The largest absolute Gasteiger partial charge is 0.394 e. The van der Waals surface area contributed by atoms with Crippen molar-refractivity contribution in [1.29, 1.82) is 0 Å². The molecule has 0 aliphatic carbocycles. The molecule has 1 aromatic heterocycles. The lowest BCUT2D eigenvalue weighted by atomic mass is 10.2. The number of hydrogen-bond acceptors (Lipinski definition) is 5. The van der Waals surface area contributed by atoms with E-state index in [1.807, 2.05) is 0 Å². The van der Waals surface area contributed by atoms with E-state index in [0.29, 0.717) is 6.07 Å². The smallest absolute Gasteiger partial charge is 0.330 e. The molecule has 2 heterocycles. The van der Waals surface area contributed by atoms with E-state index in [1.54, 1.807) is 0 Å². The summed E-state index contributed by atoms with van der Waals surface area (Å²) in [6, 6.07) is 2.70. The summed E-state index contributed by atoms with van der Waals surface area (Å²) in [4.78, 5) is 25.9. The predicted octanol–water partition coefficient (Wildman–Crippen LogP) is -0.145. The number of rotatable bonds is 2. The van der Waals surface area contributed by atoms with E-state index in [9.17, 15) is 23.5 Å². The third kappa shape index (κ3) is 3.72. The van der Waals surface area contributed by atoms with Gasteiger partial charge in [0.05, 0.1) is 12.7 Å². The Morgan fingerprint density at radius 3 is 2.54 bits per heavy atom. The fraction of sp³-hybridized carbons (Fsp3) is 0.294. The molecule has 1 aromatic carbocycles. The molecule has 136 valence electrons. The number of H-pyrrole nitrogens is 1. The molecular weight excluding hydrogens is 350 g/mol. The maximum atomic E-state index is 13.2. The van der Waals surface area contributed by atoms with E-state index < -0.39 is 47.9 Å². The zero-order chi connectivity index (χ0) is 18.8. The fourth-order valence-corrected chi connectivity index (χ4v) is 2.60. The minimum Gasteiger partial charge on any atom is -0.394 e. The number of ether oxygens (including phenoxy) is 1. The molecule has 1 aliphatic rings. The Hall–Kier alpha value is -2.80. The van der Waals surface area contributed by atoms with Gasteiger partial charge in [0.15, 0.2) is 0 Å². The number of aromatic amines is 1. The van der Waals surface area contributed by atoms with Crippen LogP contribution in [0, 0.1) is 23.5 Å². The van der Waals surface area contributed by atoms with Gasteiger partial charge in [0.25, 0.3) is 5.56 Å². The molecule has 0 unspecified atom stereocenters. The highest BCUT2D eigenvalue weighted by atomic mass is 19.1. The first-order chi connectivity index (χ1) is 12.4. The highest BCUT2D eigenvalue weighted by molar-refractivity contribution is 5.41. The summed E-state index contributed by atoms with van der Waals surface area (Å²) in [5, 5.41) is 18.9. The van der Waals surface area contributed by atoms with E-state index in [2.05, 4.69) is 16.8 Å². The van der Waals surface area contributed by atoms with Crippen molar-refractivity contribution < 1.29 is 23.7 Å². The summed E-state index contributed by atoms with van der Waals surface area (Å²) in [5.74, 6) is 3.29. The number of halogens is 2. The molecule has 2 aromatic rings. The first-order valence-corrected chi connectivity index (χ1v) is 7.65. The van der Waals surface area contributed by atoms with Crippen LogP contribution in [0.4, 0.5) is 8.78 Å². The Balaban J connectivity index is 1.96. The van der Waals surface area contributed by atoms with Crippen molar-refractivity contribution >= 4 is 0 Å². The van der Waals surface area contributed by atoms with E-state index >= 15 is 0 Å². The van der Waals surface area contributed by atoms with Gasteiger partial charge in [0.1, 0.15) is 29.5 Å². The van der Waals surface area contributed by atoms with E-state index in [0.717, 1.165) is 22.9 Å². The van der Waals surface area contributed by atoms with E-state index in [4.69, 9.17) is 9.84 Å². The molecule has 7 nitrogen and oxygen atoms in total. The van der Waals surface area contributed by atoms with Gasteiger partial charge in [-0.1, -0.05) is 11.8 Å². The summed E-state index contributed by atoms with van der Waals surface area (Å²) in [7, 11) is 0. The molecular formula is C17H14F2N2O5. The van der Waals surface area contributed by atoms with Gasteiger partial charge in [0, 0.05) is 24.2 Å². The molecule has 3 atom stereocenters. The van der Waals surface area contributed by atoms with Crippen molar-refractivity contribution in [3.8, 4) is 11.8 Å². The quantitative estimate of drug-likeness (QED) is 0.643. The van der Waals surface area contributed by atoms with Gasteiger partial charge in [0.2, 0.25) is 0 Å². The van der Waals surface area contributed by atoms with Crippen LogP contribution >= 0.6 is 0 Å². The van der Waals surface area contributed by atoms with E-state index in [-0.39, 0.29) is 17.5 Å². The number of nitrogens with zero attached hydrogens (tertiary/aromatic N) is 1. The monoisotopic (exact) mass is 364 g/mol. The van der Waals surface area contributed by atoms with Gasteiger partial charge < -0.3 is 14.9 Å². The summed E-state index contributed by atoms with van der Waals surface area (Å²) >= 11 is 0. The van der Waals surface area contributed by atoms with Gasteiger partial charge >= 0.3 is 5.69 Å². The minimum atomic E-state index is -0.964. The normalized spacial score (nSPS) is 22.1. The van der Waals surface area contributed by atoms with Crippen LogP contribution in [0.1, 0.15) is 23.8 Å². The van der Waals surface area contributed by atoms with Gasteiger partial charge in [-0.25, -0.2) is 13.6 Å². The number of aromatic nitrogens is 2. The highest BCUT2D eigenvalue weighted by Gasteiger charge is 2.35. The van der Waals surface area contributed by atoms with Crippen LogP contribution < -0.4 is 11.2 Å². The van der Waals surface area contributed by atoms with Crippen molar-refractivity contribution in [3.05, 3.63) is 68.0 Å². The standard InChI is InChI=1S/C17H14F2N2O5/c18-11-3-9(4-12(19)5-11)1-2-10-7-21(17(25)20-16(10)24)15-6-13(23)14(8-22)26-15/h3-5,7,13-15,22-23H,6,8H2,(H,20,24,25)/t13-,14+,15+/m1/s1. The topological polar surface area (TPSA) is 105 Å². The summed E-state index contributed by atoms with van der Waals surface area (Å²) in [6.45, 7) is -0.423.